The number of hydrogen-bond donors (Lipinski definition) is 1. The molecule has 1 aromatic heterocycles. The maximum absolute atomic E-state index is 12.3. The number of hydrogen-bond acceptors (Lipinski definition) is 3. The van der Waals surface area contributed by atoms with Gasteiger partial charge in [-0.3, -0.25) is 10.1 Å². The quantitative estimate of drug-likeness (QED) is 0.846. The van der Waals surface area contributed by atoms with Gasteiger partial charge in [0.05, 0.1) is 5.69 Å². The Kier molecular flexibility index (Phi) is 4.30. The fraction of sp³-hybridized carbons (Fsp3) is 0.333. The smallest absolute Gasteiger partial charge is 0.257 e. The Hall–Kier alpha value is -1.20. The fourth-order valence-electron chi connectivity index (χ4n) is 1.69. The Morgan fingerprint density at radius 1 is 1.35 bits per heavy atom. The molecule has 1 aromatic carbocycles. The van der Waals surface area contributed by atoms with Crippen molar-refractivity contribution in [1.82, 2.24) is 4.98 Å². The van der Waals surface area contributed by atoms with E-state index in [1.807, 2.05) is 30.5 Å². The number of thiazole rings is 1. The van der Waals surface area contributed by atoms with Crippen LogP contribution in [0.1, 0.15) is 42.4 Å². The van der Waals surface area contributed by atoms with Gasteiger partial charge in [-0.2, -0.15) is 0 Å². The van der Waals surface area contributed by atoms with Crippen LogP contribution >= 0.6 is 27.3 Å². The van der Waals surface area contributed by atoms with Crippen molar-refractivity contribution in [2.45, 2.75) is 33.1 Å². The summed E-state index contributed by atoms with van der Waals surface area (Å²) in [5.41, 5.74) is 2.57. The van der Waals surface area contributed by atoms with Crippen molar-refractivity contribution >= 4 is 38.3 Å². The predicted octanol–water partition coefficient (Wildman–Crippen LogP) is 4.76. The van der Waals surface area contributed by atoms with Gasteiger partial charge in [0.15, 0.2) is 5.13 Å². The van der Waals surface area contributed by atoms with Gasteiger partial charge in [-0.05, 0) is 24.6 Å². The van der Waals surface area contributed by atoms with Gasteiger partial charge in [-0.25, -0.2) is 4.98 Å². The van der Waals surface area contributed by atoms with E-state index in [9.17, 15) is 4.79 Å². The van der Waals surface area contributed by atoms with Gasteiger partial charge in [0.25, 0.3) is 5.91 Å². The number of carbonyl (C=O) groups excluding carboxylic acids is 1. The minimum absolute atomic E-state index is 0.00876. The number of anilines is 1. The van der Waals surface area contributed by atoms with Gasteiger partial charge >= 0.3 is 0 Å². The second-order valence-electron chi connectivity index (χ2n) is 5.65. The number of aromatic nitrogens is 1. The molecule has 20 heavy (non-hydrogen) atoms. The van der Waals surface area contributed by atoms with E-state index in [0.29, 0.717) is 10.7 Å². The summed E-state index contributed by atoms with van der Waals surface area (Å²) < 4.78 is 0.930. The van der Waals surface area contributed by atoms with E-state index >= 15 is 0 Å². The van der Waals surface area contributed by atoms with Crippen molar-refractivity contribution < 1.29 is 4.79 Å². The molecule has 0 unspecified atom stereocenters. The molecule has 0 saturated heterocycles. The Labute approximate surface area is 131 Å². The predicted molar refractivity (Wildman–Crippen MR) is 87.6 cm³/mol. The molecule has 1 heterocycles. The Bertz CT molecular complexity index is 644. The van der Waals surface area contributed by atoms with Crippen LogP contribution in [0.15, 0.2) is 28.1 Å². The van der Waals surface area contributed by atoms with Gasteiger partial charge in [-0.15, -0.1) is 11.3 Å². The van der Waals surface area contributed by atoms with Crippen molar-refractivity contribution in [3.05, 3.63) is 44.9 Å². The average molecular weight is 353 g/mol. The van der Waals surface area contributed by atoms with Crippen LogP contribution in [0, 0.1) is 6.92 Å². The molecule has 0 aliphatic heterocycles. The van der Waals surface area contributed by atoms with Crippen molar-refractivity contribution in [3.63, 3.8) is 0 Å². The number of carbonyl (C=O) groups is 1. The summed E-state index contributed by atoms with van der Waals surface area (Å²) in [6.07, 6.45) is 0. The summed E-state index contributed by atoms with van der Waals surface area (Å²) >= 11 is 4.89. The third-order valence-electron chi connectivity index (χ3n) is 3.01. The van der Waals surface area contributed by atoms with Gasteiger partial charge in [0.1, 0.15) is 0 Å². The molecule has 0 saturated carbocycles. The highest BCUT2D eigenvalue weighted by atomic mass is 79.9. The maximum Gasteiger partial charge on any atom is 0.257 e. The van der Waals surface area contributed by atoms with Crippen LogP contribution in [0.4, 0.5) is 5.13 Å². The first-order valence-electron chi connectivity index (χ1n) is 6.31. The SMILES string of the molecule is Cc1c(Br)cccc1C(=O)Nc1nc(C(C)(C)C)cs1. The average Bonchev–Trinajstić information content (AvgIpc) is 2.81. The molecule has 0 radical (unpaired) electrons. The van der Waals surface area contributed by atoms with Crippen LogP contribution < -0.4 is 5.32 Å². The molecular weight excluding hydrogens is 336 g/mol. The lowest BCUT2D eigenvalue weighted by Crippen LogP contribution is -2.15. The highest BCUT2D eigenvalue weighted by Gasteiger charge is 2.19. The highest BCUT2D eigenvalue weighted by molar-refractivity contribution is 9.10. The zero-order valence-electron chi connectivity index (χ0n) is 12.0. The van der Waals surface area contributed by atoms with E-state index in [4.69, 9.17) is 0 Å². The first kappa shape index (κ1) is 15.2. The third kappa shape index (κ3) is 3.27. The van der Waals surface area contributed by atoms with E-state index < -0.39 is 0 Å². The Balaban J connectivity index is 2.20. The lowest BCUT2D eigenvalue weighted by atomic mass is 9.93. The molecule has 0 fully saturated rings. The summed E-state index contributed by atoms with van der Waals surface area (Å²) in [7, 11) is 0. The number of benzene rings is 1. The lowest BCUT2D eigenvalue weighted by Gasteiger charge is -2.14. The molecule has 2 aromatic rings. The molecule has 0 spiro atoms. The van der Waals surface area contributed by atoms with Crippen LogP contribution in [0.5, 0.6) is 0 Å². The van der Waals surface area contributed by atoms with Crippen molar-refractivity contribution in [1.29, 1.82) is 0 Å². The summed E-state index contributed by atoms with van der Waals surface area (Å²) in [5.74, 6) is -0.126. The molecule has 0 bridgehead atoms. The first-order valence-corrected chi connectivity index (χ1v) is 7.99. The zero-order chi connectivity index (χ0) is 14.9. The molecule has 5 heteroatoms. The number of rotatable bonds is 2. The topological polar surface area (TPSA) is 42.0 Å². The van der Waals surface area contributed by atoms with Crippen LogP contribution in [-0.4, -0.2) is 10.9 Å². The normalized spacial score (nSPS) is 11.4. The van der Waals surface area contributed by atoms with Gasteiger partial charge in [-0.1, -0.05) is 42.8 Å². The molecule has 1 amide bonds. The summed E-state index contributed by atoms with van der Waals surface area (Å²) in [5, 5.41) is 5.49. The monoisotopic (exact) mass is 352 g/mol. The lowest BCUT2D eigenvalue weighted by molar-refractivity contribution is 0.102. The number of halogens is 1. The third-order valence-corrected chi connectivity index (χ3v) is 4.62. The van der Waals surface area contributed by atoms with Crippen LogP contribution in [0.25, 0.3) is 0 Å². The number of nitrogens with one attached hydrogen (secondary N) is 1. The summed E-state index contributed by atoms with van der Waals surface area (Å²) in [6, 6.07) is 5.59. The second kappa shape index (κ2) is 5.66. The van der Waals surface area contributed by atoms with E-state index in [1.54, 1.807) is 0 Å². The van der Waals surface area contributed by atoms with Crippen molar-refractivity contribution in [2.75, 3.05) is 5.32 Å². The maximum atomic E-state index is 12.3. The zero-order valence-corrected chi connectivity index (χ0v) is 14.4. The van der Waals surface area contributed by atoms with Gasteiger partial charge in [0.2, 0.25) is 0 Å². The molecule has 0 atom stereocenters. The second-order valence-corrected chi connectivity index (χ2v) is 7.37. The molecule has 0 aliphatic rings. The molecule has 1 N–H and O–H groups in total. The van der Waals surface area contributed by atoms with E-state index in [2.05, 4.69) is 47.0 Å². The van der Waals surface area contributed by atoms with Crippen LogP contribution in [0.2, 0.25) is 0 Å². The molecular formula is C15H17BrN2OS. The van der Waals surface area contributed by atoms with E-state index in [0.717, 1.165) is 15.7 Å². The standard InChI is InChI=1S/C15H17BrN2OS/c1-9-10(6-5-7-11(9)16)13(19)18-14-17-12(8-20-14)15(2,3)4/h5-8H,1-4H3,(H,17,18,19). The molecule has 106 valence electrons. The first-order chi connectivity index (χ1) is 9.29. The Morgan fingerprint density at radius 2 is 2.05 bits per heavy atom. The van der Waals surface area contributed by atoms with Gasteiger partial charge < -0.3 is 0 Å². The Morgan fingerprint density at radius 3 is 2.65 bits per heavy atom. The van der Waals surface area contributed by atoms with Crippen LogP contribution in [0.3, 0.4) is 0 Å². The minimum atomic E-state index is -0.126. The fourth-order valence-corrected chi connectivity index (χ4v) is 2.99. The van der Waals surface area contributed by atoms with Gasteiger partial charge in [0, 0.05) is 20.8 Å². The number of amides is 1. The minimum Gasteiger partial charge on any atom is -0.298 e. The van der Waals surface area contributed by atoms with E-state index in [1.165, 1.54) is 11.3 Å². The highest BCUT2D eigenvalue weighted by Crippen LogP contribution is 2.27. The number of nitrogens with zero attached hydrogens (tertiary/aromatic N) is 1. The molecule has 0 aliphatic carbocycles. The summed E-state index contributed by atoms with van der Waals surface area (Å²) in [6.45, 7) is 8.23. The van der Waals surface area contributed by atoms with E-state index in [-0.39, 0.29) is 11.3 Å². The van der Waals surface area contributed by atoms with Crippen molar-refractivity contribution in [2.24, 2.45) is 0 Å². The van der Waals surface area contributed by atoms with Crippen molar-refractivity contribution in [3.8, 4) is 0 Å². The molecule has 3 nitrogen and oxygen atoms in total. The largest absolute Gasteiger partial charge is 0.298 e. The molecule has 2 rings (SSSR count). The summed E-state index contributed by atoms with van der Waals surface area (Å²) in [4.78, 5) is 16.8. The van der Waals surface area contributed by atoms with Crippen LogP contribution in [-0.2, 0) is 5.41 Å².